The van der Waals surface area contributed by atoms with Crippen molar-refractivity contribution in [3.05, 3.63) is 34.9 Å². The van der Waals surface area contributed by atoms with Crippen LogP contribution in [0.4, 0.5) is 4.39 Å². The van der Waals surface area contributed by atoms with E-state index in [-0.39, 0.29) is 5.56 Å². The summed E-state index contributed by atoms with van der Waals surface area (Å²) in [5, 5.41) is 8.75. The summed E-state index contributed by atoms with van der Waals surface area (Å²) in [7, 11) is 0. The zero-order chi connectivity index (χ0) is 10.3. The highest BCUT2D eigenvalue weighted by atomic mass is 19.1. The molecule has 0 fully saturated rings. The van der Waals surface area contributed by atoms with E-state index in [4.69, 9.17) is 5.11 Å². The number of halogens is 1. The summed E-state index contributed by atoms with van der Waals surface area (Å²) in [5.41, 5.74) is 0.422. The number of hydrogen-bond donors (Lipinski definition) is 1. The van der Waals surface area contributed by atoms with Gasteiger partial charge in [0.25, 0.3) is 0 Å². The fourth-order valence-electron chi connectivity index (χ4n) is 1.95. The highest BCUT2D eigenvalue weighted by molar-refractivity contribution is 5.88. The predicted molar refractivity (Wildman–Crippen MR) is 50.2 cm³/mol. The summed E-state index contributed by atoms with van der Waals surface area (Å²) >= 11 is 0. The van der Waals surface area contributed by atoms with Gasteiger partial charge in [0.15, 0.2) is 0 Å². The van der Waals surface area contributed by atoms with E-state index < -0.39 is 11.6 Å². The van der Waals surface area contributed by atoms with E-state index in [1.807, 2.05) is 0 Å². The molecule has 0 radical (unpaired) electrons. The number of aromatic carboxylic acids is 1. The lowest BCUT2D eigenvalue weighted by molar-refractivity contribution is 0.0696. The third kappa shape index (κ3) is 1.29. The topological polar surface area (TPSA) is 37.3 Å². The fourth-order valence-corrected chi connectivity index (χ4v) is 1.95. The maximum Gasteiger partial charge on any atom is 0.335 e. The number of carbonyl (C=O) groups is 1. The average molecular weight is 194 g/mol. The molecule has 1 aliphatic rings. The van der Waals surface area contributed by atoms with Crippen LogP contribution >= 0.6 is 0 Å². The van der Waals surface area contributed by atoms with Gasteiger partial charge in [-0.3, -0.25) is 0 Å². The molecule has 0 saturated carbocycles. The molecular formula is C11H11FO2. The molecular weight excluding hydrogens is 183 g/mol. The Bertz CT molecular complexity index is 396. The highest BCUT2D eigenvalue weighted by Gasteiger charge is 2.34. The maximum atomic E-state index is 13.8. The molecule has 2 nitrogen and oxygen atoms in total. The van der Waals surface area contributed by atoms with Gasteiger partial charge in [0, 0.05) is 0 Å². The molecule has 0 saturated heterocycles. The van der Waals surface area contributed by atoms with Crippen LogP contribution in [0.3, 0.4) is 0 Å². The summed E-state index contributed by atoms with van der Waals surface area (Å²) in [6.07, 6.45) is 1.08. The maximum absolute atomic E-state index is 13.8. The first-order valence-corrected chi connectivity index (χ1v) is 4.56. The molecule has 0 spiro atoms. The van der Waals surface area contributed by atoms with Gasteiger partial charge in [0.1, 0.15) is 5.67 Å². The van der Waals surface area contributed by atoms with Crippen LogP contribution in [0.1, 0.15) is 34.8 Å². The van der Waals surface area contributed by atoms with Crippen LogP contribution < -0.4 is 0 Å². The second-order valence-corrected chi connectivity index (χ2v) is 3.87. The lowest BCUT2D eigenvalue weighted by Crippen LogP contribution is -2.09. The lowest BCUT2D eigenvalue weighted by atomic mass is 9.99. The molecule has 1 aliphatic carbocycles. The van der Waals surface area contributed by atoms with Crippen molar-refractivity contribution in [2.24, 2.45) is 0 Å². The number of carboxylic acids is 1. The van der Waals surface area contributed by atoms with Crippen LogP contribution in [-0.4, -0.2) is 11.1 Å². The third-order valence-electron chi connectivity index (χ3n) is 2.78. The van der Waals surface area contributed by atoms with E-state index in [1.54, 1.807) is 19.1 Å². The Labute approximate surface area is 81.4 Å². The first kappa shape index (κ1) is 9.19. The van der Waals surface area contributed by atoms with Gasteiger partial charge < -0.3 is 5.11 Å². The van der Waals surface area contributed by atoms with Crippen molar-refractivity contribution < 1.29 is 14.3 Å². The second kappa shape index (κ2) is 2.80. The molecule has 0 bridgehead atoms. The predicted octanol–water partition coefficient (Wildman–Crippen LogP) is 2.52. The minimum absolute atomic E-state index is 0.237. The zero-order valence-corrected chi connectivity index (χ0v) is 7.88. The number of fused-ring (bicyclic) bond motifs is 1. The van der Waals surface area contributed by atoms with Crippen molar-refractivity contribution in [3.8, 4) is 0 Å². The molecule has 1 aromatic rings. The van der Waals surface area contributed by atoms with Gasteiger partial charge in [-0.05, 0) is 43.0 Å². The largest absolute Gasteiger partial charge is 0.478 e. The Morgan fingerprint density at radius 1 is 1.57 bits per heavy atom. The SMILES string of the molecule is CC1(F)CCc2cc(C(=O)O)ccc21. The Kier molecular flexibility index (Phi) is 1.84. The van der Waals surface area contributed by atoms with Crippen molar-refractivity contribution in [1.29, 1.82) is 0 Å². The van der Waals surface area contributed by atoms with Crippen LogP contribution in [0.2, 0.25) is 0 Å². The second-order valence-electron chi connectivity index (χ2n) is 3.87. The minimum Gasteiger partial charge on any atom is -0.478 e. The lowest BCUT2D eigenvalue weighted by Gasteiger charge is -2.13. The Balaban J connectivity index is 2.49. The first-order chi connectivity index (χ1) is 6.50. The van der Waals surface area contributed by atoms with Gasteiger partial charge in [-0.2, -0.15) is 0 Å². The molecule has 0 aliphatic heterocycles. The van der Waals surface area contributed by atoms with Gasteiger partial charge in [0.2, 0.25) is 0 Å². The number of benzene rings is 1. The van der Waals surface area contributed by atoms with E-state index in [9.17, 15) is 9.18 Å². The van der Waals surface area contributed by atoms with E-state index in [1.165, 1.54) is 6.07 Å². The molecule has 0 heterocycles. The summed E-state index contributed by atoms with van der Waals surface area (Å²) in [5.74, 6) is -0.958. The van der Waals surface area contributed by atoms with E-state index in [0.717, 1.165) is 5.56 Å². The van der Waals surface area contributed by atoms with E-state index in [2.05, 4.69) is 0 Å². The summed E-state index contributed by atoms with van der Waals surface area (Å²) < 4.78 is 13.8. The Morgan fingerprint density at radius 2 is 2.29 bits per heavy atom. The molecule has 74 valence electrons. The smallest absolute Gasteiger partial charge is 0.335 e. The average Bonchev–Trinajstić information content (AvgIpc) is 2.42. The normalized spacial score (nSPS) is 24.7. The third-order valence-corrected chi connectivity index (χ3v) is 2.78. The molecule has 14 heavy (non-hydrogen) atoms. The summed E-state index contributed by atoms with van der Waals surface area (Å²) in [4.78, 5) is 10.7. The summed E-state index contributed by atoms with van der Waals surface area (Å²) in [6, 6.07) is 4.62. The highest BCUT2D eigenvalue weighted by Crippen LogP contribution is 2.39. The molecule has 1 atom stereocenters. The van der Waals surface area contributed by atoms with Gasteiger partial charge in [-0.15, -0.1) is 0 Å². The Hall–Kier alpha value is -1.38. The number of aryl methyl sites for hydroxylation is 1. The van der Waals surface area contributed by atoms with Crippen LogP contribution in [0.5, 0.6) is 0 Å². The Morgan fingerprint density at radius 3 is 2.93 bits per heavy atom. The minimum atomic E-state index is -1.29. The molecule has 1 aromatic carbocycles. The van der Waals surface area contributed by atoms with Gasteiger partial charge in [-0.25, -0.2) is 9.18 Å². The molecule has 1 unspecified atom stereocenters. The molecule has 0 amide bonds. The van der Waals surface area contributed by atoms with Gasteiger partial charge in [0.05, 0.1) is 5.56 Å². The molecule has 1 N–H and O–H groups in total. The van der Waals surface area contributed by atoms with Crippen LogP contribution in [-0.2, 0) is 12.1 Å². The molecule has 0 aromatic heterocycles. The van der Waals surface area contributed by atoms with E-state index >= 15 is 0 Å². The van der Waals surface area contributed by atoms with Crippen molar-refractivity contribution in [2.45, 2.75) is 25.4 Å². The van der Waals surface area contributed by atoms with Gasteiger partial charge in [-0.1, -0.05) is 6.07 Å². The van der Waals surface area contributed by atoms with Gasteiger partial charge >= 0.3 is 5.97 Å². The first-order valence-electron chi connectivity index (χ1n) is 4.56. The fraction of sp³-hybridized carbons (Fsp3) is 0.364. The summed E-state index contributed by atoms with van der Waals surface area (Å²) in [6.45, 7) is 1.54. The quantitative estimate of drug-likeness (QED) is 0.745. The van der Waals surface area contributed by atoms with Crippen molar-refractivity contribution in [3.63, 3.8) is 0 Å². The molecule has 2 rings (SSSR count). The number of hydrogen-bond acceptors (Lipinski definition) is 1. The number of carboxylic acid groups (broad SMARTS) is 1. The van der Waals surface area contributed by atoms with Crippen molar-refractivity contribution in [1.82, 2.24) is 0 Å². The standard InChI is InChI=1S/C11H11FO2/c1-11(12)5-4-7-6-8(10(13)14)2-3-9(7)11/h2-3,6H,4-5H2,1H3,(H,13,14). The van der Waals surface area contributed by atoms with E-state index in [0.29, 0.717) is 18.4 Å². The number of rotatable bonds is 1. The van der Waals surface area contributed by atoms with Crippen LogP contribution in [0, 0.1) is 0 Å². The van der Waals surface area contributed by atoms with Crippen molar-refractivity contribution in [2.75, 3.05) is 0 Å². The number of alkyl halides is 1. The van der Waals surface area contributed by atoms with Crippen LogP contribution in [0.15, 0.2) is 18.2 Å². The monoisotopic (exact) mass is 194 g/mol. The van der Waals surface area contributed by atoms with Crippen molar-refractivity contribution >= 4 is 5.97 Å². The molecule has 3 heteroatoms. The zero-order valence-electron chi connectivity index (χ0n) is 7.88. The van der Waals surface area contributed by atoms with Crippen LogP contribution in [0.25, 0.3) is 0 Å².